The first-order valence-corrected chi connectivity index (χ1v) is 13.4. The molecule has 2 N–H and O–H groups in total. The first-order chi connectivity index (χ1) is 20.4. The Hall–Kier alpha value is -5.30. The summed E-state index contributed by atoms with van der Waals surface area (Å²) < 4.78 is 24.5. The van der Waals surface area contributed by atoms with Crippen LogP contribution in [-0.4, -0.2) is 52.3 Å². The molecule has 10 heteroatoms. The number of rotatable bonds is 6. The molecule has 9 nitrogen and oxygen atoms in total. The number of nitrogens with zero attached hydrogens (tertiary/aromatic N) is 4. The van der Waals surface area contributed by atoms with Crippen LogP contribution in [0.3, 0.4) is 0 Å². The monoisotopic (exact) mass is 567 g/mol. The summed E-state index contributed by atoms with van der Waals surface area (Å²) >= 11 is 0. The van der Waals surface area contributed by atoms with Crippen molar-refractivity contribution in [1.82, 2.24) is 0 Å². The van der Waals surface area contributed by atoms with Crippen molar-refractivity contribution in [3.63, 3.8) is 0 Å². The fraction of sp³-hybridized carbons (Fsp3) is 0.219. The first-order valence-electron chi connectivity index (χ1n) is 13.4. The number of halogens is 1. The zero-order valence-corrected chi connectivity index (χ0v) is 23.3. The van der Waals surface area contributed by atoms with E-state index in [1.165, 1.54) is 25.2 Å². The molecule has 3 aromatic carbocycles. The Labute approximate surface area is 243 Å². The van der Waals surface area contributed by atoms with E-state index in [1.54, 1.807) is 48.5 Å². The molecule has 1 atom stereocenters. The summed E-state index contributed by atoms with van der Waals surface area (Å²) in [4.78, 5) is 32.0. The number of esters is 2. The number of hydrogen-bond acceptors (Lipinski definition) is 9. The van der Waals surface area contributed by atoms with Crippen LogP contribution >= 0.6 is 0 Å². The van der Waals surface area contributed by atoms with Crippen molar-refractivity contribution in [2.45, 2.75) is 5.92 Å². The quantitative estimate of drug-likeness (QED) is 0.441. The lowest BCUT2D eigenvalue weighted by Gasteiger charge is -2.38. The predicted molar refractivity (Wildman–Crippen MR) is 157 cm³/mol. The standard InChI is InChI=1S/C32H30FN5O4/c1-41-31(39)28-27(21-8-4-3-5-9-21)24(20-34)30(35)38(29(28)32(40)42-2)23-14-12-22(13-15-23)36-16-18-37(19-17-36)26-11-7-6-10-25(26)33/h3-15,27H,16-19,35H2,1-2H3. The van der Waals surface area contributed by atoms with E-state index in [4.69, 9.17) is 15.2 Å². The zero-order valence-electron chi connectivity index (χ0n) is 23.3. The largest absolute Gasteiger partial charge is 0.466 e. The summed E-state index contributed by atoms with van der Waals surface area (Å²) in [6.07, 6.45) is 0. The Morgan fingerprint density at radius 1 is 0.833 bits per heavy atom. The zero-order chi connectivity index (χ0) is 29.8. The van der Waals surface area contributed by atoms with Crippen LogP contribution in [0.25, 0.3) is 0 Å². The molecule has 2 aliphatic rings. The maximum Gasteiger partial charge on any atom is 0.355 e. The maximum atomic E-state index is 14.3. The van der Waals surface area contributed by atoms with Gasteiger partial charge in [0, 0.05) is 37.6 Å². The molecule has 0 saturated carbocycles. The van der Waals surface area contributed by atoms with Gasteiger partial charge >= 0.3 is 11.9 Å². The molecule has 3 aromatic rings. The third-order valence-electron chi connectivity index (χ3n) is 7.56. The Morgan fingerprint density at radius 2 is 1.40 bits per heavy atom. The minimum absolute atomic E-state index is 0.00524. The predicted octanol–water partition coefficient (Wildman–Crippen LogP) is 4.05. The summed E-state index contributed by atoms with van der Waals surface area (Å²) in [7, 11) is 2.43. The number of benzene rings is 3. The van der Waals surface area contributed by atoms with Gasteiger partial charge in [0.1, 0.15) is 17.3 Å². The van der Waals surface area contributed by atoms with Crippen LogP contribution in [0.5, 0.6) is 0 Å². The summed E-state index contributed by atoms with van der Waals surface area (Å²) in [5.41, 5.74) is 9.09. The second-order valence-electron chi connectivity index (χ2n) is 9.78. The Morgan fingerprint density at radius 3 is 2.00 bits per heavy atom. The third-order valence-corrected chi connectivity index (χ3v) is 7.56. The molecule has 2 heterocycles. The normalized spacial score (nSPS) is 17.2. The van der Waals surface area contributed by atoms with Gasteiger partial charge in [0.15, 0.2) is 0 Å². The van der Waals surface area contributed by atoms with Crippen LogP contribution in [0.4, 0.5) is 21.5 Å². The van der Waals surface area contributed by atoms with Gasteiger partial charge in [0.05, 0.1) is 43.0 Å². The number of anilines is 3. The minimum atomic E-state index is -0.931. The van der Waals surface area contributed by atoms with Crippen molar-refractivity contribution in [2.24, 2.45) is 5.73 Å². The van der Waals surface area contributed by atoms with Crippen molar-refractivity contribution in [1.29, 1.82) is 5.26 Å². The van der Waals surface area contributed by atoms with E-state index in [0.717, 1.165) is 5.69 Å². The molecule has 0 aromatic heterocycles. The number of carbonyl (C=O) groups excluding carboxylic acids is 2. The van der Waals surface area contributed by atoms with E-state index in [0.29, 0.717) is 43.1 Å². The van der Waals surface area contributed by atoms with Crippen LogP contribution in [-0.2, 0) is 19.1 Å². The van der Waals surface area contributed by atoms with Crippen molar-refractivity contribution < 1.29 is 23.5 Å². The van der Waals surface area contributed by atoms with Gasteiger partial charge in [-0.15, -0.1) is 0 Å². The average molecular weight is 568 g/mol. The van der Waals surface area contributed by atoms with Gasteiger partial charge in [-0.2, -0.15) is 5.26 Å². The Bertz CT molecular complexity index is 1590. The number of piperazine rings is 1. The highest BCUT2D eigenvalue weighted by atomic mass is 19.1. The van der Waals surface area contributed by atoms with E-state index in [1.807, 2.05) is 29.2 Å². The molecule has 1 unspecified atom stereocenters. The van der Waals surface area contributed by atoms with E-state index in [-0.39, 0.29) is 28.5 Å². The number of nitriles is 1. The van der Waals surface area contributed by atoms with Crippen LogP contribution in [0, 0.1) is 17.1 Å². The van der Waals surface area contributed by atoms with Crippen LogP contribution in [0.15, 0.2) is 102 Å². The molecule has 5 rings (SSSR count). The maximum absolute atomic E-state index is 14.3. The summed E-state index contributed by atoms with van der Waals surface area (Å²) in [6, 6.07) is 25.0. The van der Waals surface area contributed by atoms with Gasteiger partial charge in [-0.25, -0.2) is 14.0 Å². The van der Waals surface area contributed by atoms with E-state index >= 15 is 0 Å². The lowest BCUT2D eigenvalue weighted by atomic mass is 9.81. The summed E-state index contributed by atoms with van der Waals surface area (Å²) in [5, 5.41) is 10.2. The first kappa shape index (κ1) is 28.2. The van der Waals surface area contributed by atoms with E-state index in [9.17, 15) is 19.2 Å². The second-order valence-corrected chi connectivity index (χ2v) is 9.78. The number of ether oxygens (including phenoxy) is 2. The summed E-state index contributed by atoms with van der Waals surface area (Å²) in [6.45, 7) is 2.65. The molecule has 0 amide bonds. The molecule has 1 fully saturated rings. The molecule has 2 aliphatic heterocycles. The molecule has 0 radical (unpaired) electrons. The van der Waals surface area contributed by atoms with Crippen molar-refractivity contribution in [2.75, 3.05) is 55.1 Å². The molecule has 0 bridgehead atoms. The van der Waals surface area contributed by atoms with Crippen molar-refractivity contribution in [3.8, 4) is 6.07 Å². The fourth-order valence-electron chi connectivity index (χ4n) is 5.51. The summed E-state index contributed by atoms with van der Waals surface area (Å²) in [5.74, 6) is -2.75. The van der Waals surface area contributed by atoms with Crippen LogP contribution in [0.2, 0.25) is 0 Å². The van der Waals surface area contributed by atoms with Crippen molar-refractivity contribution >= 4 is 29.0 Å². The van der Waals surface area contributed by atoms with Gasteiger partial charge in [-0.3, -0.25) is 4.90 Å². The van der Waals surface area contributed by atoms with Gasteiger partial charge in [-0.1, -0.05) is 42.5 Å². The highest BCUT2D eigenvalue weighted by molar-refractivity contribution is 6.06. The lowest BCUT2D eigenvalue weighted by molar-refractivity contribution is -0.139. The van der Waals surface area contributed by atoms with Crippen molar-refractivity contribution in [3.05, 3.63) is 113 Å². The third kappa shape index (κ3) is 5.12. The van der Waals surface area contributed by atoms with Gasteiger partial charge in [0.2, 0.25) is 0 Å². The number of nitrogens with two attached hydrogens (primary N) is 1. The molecule has 42 heavy (non-hydrogen) atoms. The molecular weight excluding hydrogens is 537 g/mol. The molecule has 1 saturated heterocycles. The van der Waals surface area contributed by atoms with Gasteiger partial charge in [0.25, 0.3) is 0 Å². The Kier molecular flexibility index (Phi) is 8.11. The van der Waals surface area contributed by atoms with Gasteiger partial charge in [-0.05, 0) is 42.0 Å². The molecule has 214 valence electrons. The topological polar surface area (TPSA) is 112 Å². The SMILES string of the molecule is COC(=O)C1=C(C(=O)OC)N(c2ccc(N3CCN(c4ccccc4F)CC3)cc2)C(N)=C(C#N)C1c1ccccc1. The number of carbonyl (C=O) groups is 2. The minimum Gasteiger partial charge on any atom is -0.466 e. The number of hydrogen-bond donors (Lipinski definition) is 1. The molecule has 0 aliphatic carbocycles. The number of para-hydroxylation sites is 1. The average Bonchev–Trinajstić information content (AvgIpc) is 3.04. The lowest BCUT2D eigenvalue weighted by Crippen LogP contribution is -2.46. The fourth-order valence-corrected chi connectivity index (χ4v) is 5.51. The van der Waals surface area contributed by atoms with Crippen LogP contribution in [0.1, 0.15) is 11.5 Å². The van der Waals surface area contributed by atoms with Gasteiger partial charge < -0.3 is 25.0 Å². The van der Waals surface area contributed by atoms with E-state index < -0.39 is 17.9 Å². The van der Waals surface area contributed by atoms with E-state index in [2.05, 4.69) is 11.0 Å². The highest BCUT2D eigenvalue weighted by Gasteiger charge is 2.43. The smallest absolute Gasteiger partial charge is 0.355 e. The number of methoxy groups -OCH3 is 2. The molecular formula is C32H30FN5O4. The molecule has 0 spiro atoms. The Balaban J connectivity index is 1.50. The van der Waals surface area contributed by atoms with Crippen LogP contribution < -0.4 is 20.4 Å². The second kappa shape index (κ2) is 12.1. The number of allylic oxidation sites excluding steroid dienone is 1. The highest BCUT2D eigenvalue weighted by Crippen LogP contribution is 2.43.